The lowest BCUT2D eigenvalue weighted by Crippen LogP contribution is -2.21. The molecule has 0 radical (unpaired) electrons. The van der Waals surface area contributed by atoms with Gasteiger partial charge in [-0.3, -0.25) is 4.79 Å². The van der Waals surface area contributed by atoms with Crippen LogP contribution < -0.4 is 5.32 Å². The van der Waals surface area contributed by atoms with Crippen LogP contribution in [0.25, 0.3) is 0 Å². The SMILES string of the molecule is CNCC(=O)c1c(O)cc(C)c2c1CCCC2. The van der Waals surface area contributed by atoms with Crippen LogP contribution in [0.4, 0.5) is 0 Å². The second-order valence-corrected chi connectivity index (χ2v) is 4.71. The summed E-state index contributed by atoms with van der Waals surface area (Å²) in [7, 11) is 1.75. The van der Waals surface area contributed by atoms with E-state index in [-0.39, 0.29) is 18.1 Å². The number of fused-ring (bicyclic) bond motifs is 1. The van der Waals surface area contributed by atoms with Gasteiger partial charge < -0.3 is 10.4 Å². The van der Waals surface area contributed by atoms with Gasteiger partial charge in [0.15, 0.2) is 5.78 Å². The topological polar surface area (TPSA) is 49.3 Å². The van der Waals surface area contributed by atoms with Crippen molar-refractivity contribution in [3.63, 3.8) is 0 Å². The number of benzene rings is 1. The number of rotatable bonds is 3. The zero-order valence-electron chi connectivity index (χ0n) is 10.5. The summed E-state index contributed by atoms with van der Waals surface area (Å²) in [5.74, 6) is 0.131. The molecule has 1 aliphatic rings. The van der Waals surface area contributed by atoms with Crippen molar-refractivity contribution in [2.24, 2.45) is 0 Å². The van der Waals surface area contributed by atoms with Gasteiger partial charge >= 0.3 is 0 Å². The van der Waals surface area contributed by atoms with Crippen LogP contribution in [-0.4, -0.2) is 24.5 Å². The van der Waals surface area contributed by atoms with Gasteiger partial charge in [-0.25, -0.2) is 0 Å². The fraction of sp³-hybridized carbons (Fsp3) is 0.500. The standard InChI is InChI=1S/C14H19NO2/c1-9-7-12(16)14(13(17)8-15-2)11-6-4-3-5-10(9)11/h7,15-16H,3-6,8H2,1-2H3. The van der Waals surface area contributed by atoms with Crippen molar-refractivity contribution in [1.82, 2.24) is 5.32 Å². The van der Waals surface area contributed by atoms with Crippen LogP contribution in [0.2, 0.25) is 0 Å². The number of ketones is 1. The van der Waals surface area contributed by atoms with Crippen LogP contribution in [0, 0.1) is 6.92 Å². The number of likely N-dealkylation sites (N-methyl/N-ethyl adjacent to an activating group) is 1. The van der Waals surface area contributed by atoms with Crippen molar-refractivity contribution in [1.29, 1.82) is 0 Å². The molecule has 0 unspecified atom stereocenters. The molecule has 0 saturated carbocycles. The highest BCUT2D eigenvalue weighted by atomic mass is 16.3. The number of aryl methyl sites for hydroxylation is 1. The van der Waals surface area contributed by atoms with Crippen molar-refractivity contribution in [2.45, 2.75) is 32.6 Å². The van der Waals surface area contributed by atoms with Gasteiger partial charge in [0, 0.05) is 0 Å². The quantitative estimate of drug-likeness (QED) is 0.785. The number of phenols is 1. The molecule has 0 fully saturated rings. The molecular weight excluding hydrogens is 214 g/mol. The Morgan fingerprint density at radius 3 is 2.65 bits per heavy atom. The first-order chi connectivity index (χ1) is 8.15. The van der Waals surface area contributed by atoms with Crippen LogP contribution in [-0.2, 0) is 12.8 Å². The van der Waals surface area contributed by atoms with Crippen LogP contribution >= 0.6 is 0 Å². The third-order valence-electron chi connectivity index (χ3n) is 3.47. The molecule has 1 aliphatic carbocycles. The fourth-order valence-electron chi connectivity index (χ4n) is 2.70. The van der Waals surface area contributed by atoms with Gasteiger partial charge in [-0.2, -0.15) is 0 Å². The van der Waals surface area contributed by atoms with Crippen LogP contribution in [0.5, 0.6) is 5.75 Å². The Morgan fingerprint density at radius 1 is 1.35 bits per heavy atom. The van der Waals surface area contributed by atoms with E-state index in [0.717, 1.165) is 30.4 Å². The number of hydrogen-bond donors (Lipinski definition) is 2. The van der Waals surface area contributed by atoms with Crippen molar-refractivity contribution >= 4 is 5.78 Å². The van der Waals surface area contributed by atoms with Gasteiger partial charge in [0.2, 0.25) is 0 Å². The van der Waals surface area contributed by atoms with Crippen molar-refractivity contribution in [2.75, 3.05) is 13.6 Å². The van der Waals surface area contributed by atoms with E-state index in [4.69, 9.17) is 0 Å². The summed E-state index contributed by atoms with van der Waals surface area (Å²) in [5.41, 5.74) is 4.00. The molecule has 3 nitrogen and oxygen atoms in total. The molecule has 2 rings (SSSR count). The summed E-state index contributed by atoms with van der Waals surface area (Å²) in [5, 5.41) is 12.8. The lowest BCUT2D eigenvalue weighted by atomic mass is 9.84. The minimum atomic E-state index is -0.0110. The number of phenolic OH excluding ortho intramolecular Hbond substituents is 1. The van der Waals surface area contributed by atoms with E-state index in [1.807, 2.05) is 6.92 Å². The first kappa shape index (κ1) is 12.1. The van der Waals surface area contributed by atoms with E-state index in [1.54, 1.807) is 13.1 Å². The maximum atomic E-state index is 12.0. The van der Waals surface area contributed by atoms with E-state index in [9.17, 15) is 9.90 Å². The third kappa shape index (κ3) is 2.20. The molecule has 1 aromatic carbocycles. The van der Waals surface area contributed by atoms with Gasteiger partial charge in [0.05, 0.1) is 12.1 Å². The Hall–Kier alpha value is -1.35. The summed E-state index contributed by atoms with van der Waals surface area (Å²) in [6.07, 6.45) is 4.23. The maximum absolute atomic E-state index is 12.0. The van der Waals surface area contributed by atoms with E-state index >= 15 is 0 Å². The molecule has 2 N–H and O–H groups in total. The zero-order chi connectivity index (χ0) is 12.4. The van der Waals surface area contributed by atoms with Crippen LogP contribution in [0.1, 0.15) is 39.9 Å². The summed E-state index contributed by atoms with van der Waals surface area (Å²) in [4.78, 5) is 12.0. The number of Topliss-reactive ketones (excluding diaryl/α,β-unsaturated/α-hetero) is 1. The van der Waals surface area contributed by atoms with Gasteiger partial charge in [-0.05, 0) is 62.4 Å². The number of nitrogens with one attached hydrogen (secondary N) is 1. The second-order valence-electron chi connectivity index (χ2n) is 4.71. The second kappa shape index (κ2) is 4.88. The molecule has 0 atom stereocenters. The van der Waals surface area contributed by atoms with Gasteiger partial charge in [-0.1, -0.05) is 0 Å². The maximum Gasteiger partial charge on any atom is 0.180 e. The Kier molecular flexibility index (Phi) is 3.48. The number of hydrogen-bond acceptors (Lipinski definition) is 3. The largest absolute Gasteiger partial charge is 0.507 e. The third-order valence-corrected chi connectivity index (χ3v) is 3.47. The molecular formula is C14H19NO2. The van der Waals surface area contributed by atoms with Gasteiger partial charge in [0.25, 0.3) is 0 Å². The Bertz CT molecular complexity index is 452. The molecule has 0 bridgehead atoms. The molecule has 92 valence electrons. The smallest absolute Gasteiger partial charge is 0.180 e. The predicted octanol–water partition coefficient (Wildman–Crippen LogP) is 1.98. The monoisotopic (exact) mass is 233 g/mol. The van der Waals surface area contributed by atoms with Crippen molar-refractivity contribution in [3.8, 4) is 5.75 Å². The molecule has 3 heteroatoms. The minimum Gasteiger partial charge on any atom is -0.507 e. The molecule has 0 heterocycles. The van der Waals surface area contributed by atoms with E-state index < -0.39 is 0 Å². The normalized spacial score (nSPS) is 14.5. The van der Waals surface area contributed by atoms with E-state index in [2.05, 4.69) is 5.32 Å². The molecule has 0 aromatic heterocycles. The lowest BCUT2D eigenvalue weighted by molar-refractivity contribution is 0.0989. The number of carbonyl (C=O) groups is 1. The molecule has 0 aliphatic heterocycles. The zero-order valence-corrected chi connectivity index (χ0v) is 10.5. The summed E-state index contributed by atoms with van der Waals surface area (Å²) >= 11 is 0. The van der Waals surface area contributed by atoms with E-state index in [1.165, 1.54) is 12.0 Å². The summed E-state index contributed by atoms with van der Waals surface area (Å²) in [6.45, 7) is 2.29. The molecule has 0 saturated heterocycles. The highest BCUT2D eigenvalue weighted by Crippen LogP contribution is 2.33. The van der Waals surface area contributed by atoms with Crippen molar-refractivity contribution in [3.05, 3.63) is 28.3 Å². The molecule has 0 spiro atoms. The number of carbonyl (C=O) groups excluding carboxylic acids is 1. The molecule has 1 aromatic rings. The summed E-state index contributed by atoms with van der Waals surface area (Å²) < 4.78 is 0. The first-order valence-electron chi connectivity index (χ1n) is 6.17. The average Bonchev–Trinajstić information content (AvgIpc) is 2.29. The average molecular weight is 233 g/mol. The Morgan fingerprint density at radius 2 is 2.00 bits per heavy atom. The highest BCUT2D eigenvalue weighted by molar-refractivity contribution is 6.02. The predicted molar refractivity (Wildman–Crippen MR) is 67.7 cm³/mol. The van der Waals surface area contributed by atoms with Gasteiger partial charge in [0.1, 0.15) is 5.75 Å². The van der Waals surface area contributed by atoms with Crippen LogP contribution in [0.15, 0.2) is 6.07 Å². The fourth-order valence-corrected chi connectivity index (χ4v) is 2.70. The Balaban J connectivity index is 2.54. The van der Waals surface area contributed by atoms with Crippen LogP contribution in [0.3, 0.4) is 0 Å². The molecule has 17 heavy (non-hydrogen) atoms. The summed E-state index contributed by atoms with van der Waals surface area (Å²) in [6, 6.07) is 1.73. The molecule has 0 amide bonds. The minimum absolute atomic E-state index is 0.0110. The van der Waals surface area contributed by atoms with Crippen molar-refractivity contribution < 1.29 is 9.90 Å². The van der Waals surface area contributed by atoms with Gasteiger partial charge in [-0.15, -0.1) is 0 Å². The lowest BCUT2D eigenvalue weighted by Gasteiger charge is -2.22. The van der Waals surface area contributed by atoms with E-state index in [0.29, 0.717) is 5.56 Å². The highest BCUT2D eigenvalue weighted by Gasteiger charge is 2.22. The first-order valence-corrected chi connectivity index (χ1v) is 6.17. The Labute approximate surface area is 102 Å². The number of aromatic hydroxyl groups is 1.